The Morgan fingerprint density at radius 3 is 2.67 bits per heavy atom. The summed E-state index contributed by atoms with van der Waals surface area (Å²) in [5.41, 5.74) is 4.24. The monoisotopic (exact) mass is 430 g/mol. The molecule has 0 bridgehead atoms. The molecule has 30 heavy (non-hydrogen) atoms. The molecule has 0 unspecified atom stereocenters. The zero-order valence-corrected chi connectivity index (χ0v) is 18.4. The van der Waals surface area contributed by atoms with Crippen LogP contribution in [0.25, 0.3) is 5.78 Å². The van der Waals surface area contributed by atoms with Crippen molar-refractivity contribution in [3.8, 4) is 0 Å². The summed E-state index contributed by atoms with van der Waals surface area (Å²) in [6.07, 6.45) is 2.23. The number of benzene rings is 1. The van der Waals surface area contributed by atoms with Crippen molar-refractivity contribution in [1.29, 1.82) is 0 Å². The first kappa shape index (κ1) is 21.8. The molecule has 2 aromatic heterocycles. The number of aromatic nitrogens is 4. The number of nitrogens with one attached hydrogen (secondary N) is 2. The fourth-order valence-corrected chi connectivity index (χ4v) is 4.67. The van der Waals surface area contributed by atoms with E-state index in [0.29, 0.717) is 17.8 Å². The molecule has 0 fully saturated rings. The highest BCUT2D eigenvalue weighted by Gasteiger charge is 2.17. The molecule has 0 radical (unpaired) electrons. The molecular formula is C20H26N6O3S. The van der Waals surface area contributed by atoms with Crippen molar-refractivity contribution in [2.75, 3.05) is 13.1 Å². The molecule has 2 heterocycles. The predicted molar refractivity (Wildman–Crippen MR) is 113 cm³/mol. The normalized spacial score (nSPS) is 11.7. The molecule has 2 N–H and O–H groups in total. The first-order valence-corrected chi connectivity index (χ1v) is 11.2. The number of hydrogen-bond acceptors (Lipinski definition) is 6. The van der Waals surface area contributed by atoms with Crippen molar-refractivity contribution in [2.45, 2.75) is 45.4 Å². The van der Waals surface area contributed by atoms with Gasteiger partial charge < -0.3 is 5.32 Å². The van der Waals surface area contributed by atoms with Crippen LogP contribution in [0.2, 0.25) is 0 Å². The molecule has 0 saturated heterocycles. The Kier molecular flexibility index (Phi) is 6.47. The van der Waals surface area contributed by atoms with E-state index in [4.69, 9.17) is 0 Å². The van der Waals surface area contributed by atoms with E-state index in [1.54, 1.807) is 23.6 Å². The van der Waals surface area contributed by atoms with Gasteiger partial charge in [0.1, 0.15) is 6.33 Å². The van der Waals surface area contributed by atoms with Gasteiger partial charge in [0.2, 0.25) is 15.9 Å². The lowest BCUT2D eigenvalue weighted by atomic mass is 10.1. The number of amides is 1. The van der Waals surface area contributed by atoms with E-state index in [2.05, 4.69) is 25.1 Å². The van der Waals surface area contributed by atoms with E-state index in [0.717, 1.165) is 22.5 Å². The maximum absolute atomic E-state index is 12.5. The van der Waals surface area contributed by atoms with E-state index < -0.39 is 10.0 Å². The second-order valence-electron chi connectivity index (χ2n) is 7.25. The van der Waals surface area contributed by atoms with E-state index in [1.165, 1.54) is 6.33 Å². The molecule has 0 aliphatic carbocycles. The van der Waals surface area contributed by atoms with Crippen molar-refractivity contribution in [2.24, 2.45) is 0 Å². The van der Waals surface area contributed by atoms with Crippen molar-refractivity contribution in [1.82, 2.24) is 29.6 Å². The van der Waals surface area contributed by atoms with Crippen LogP contribution in [0, 0.1) is 27.7 Å². The molecule has 10 heteroatoms. The molecular weight excluding hydrogens is 404 g/mol. The minimum atomic E-state index is -3.62. The number of hydrogen-bond donors (Lipinski definition) is 2. The lowest BCUT2D eigenvalue weighted by molar-refractivity contribution is -0.121. The Bertz CT molecular complexity index is 1190. The third-order valence-electron chi connectivity index (χ3n) is 4.96. The van der Waals surface area contributed by atoms with Crippen LogP contribution in [-0.2, 0) is 21.2 Å². The van der Waals surface area contributed by atoms with Crippen LogP contribution in [-0.4, -0.2) is 47.0 Å². The second-order valence-corrected chi connectivity index (χ2v) is 8.99. The lowest BCUT2D eigenvalue weighted by Crippen LogP contribution is -2.35. The number of sulfonamides is 1. The minimum Gasteiger partial charge on any atom is -0.355 e. The molecule has 0 atom stereocenters. The summed E-state index contributed by atoms with van der Waals surface area (Å²) < 4.78 is 29.1. The number of fused-ring (bicyclic) bond motifs is 1. The SMILES string of the molecule is Cc1ccc(C)c(S(=O)(=O)NCCNC(=O)CCc2c(C)nc3ncnn3c2C)c1. The zero-order chi connectivity index (χ0) is 21.9. The molecule has 3 rings (SSSR count). The lowest BCUT2D eigenvalue weighted by Gasteiger charge is -2.12. The van der Waals surface area contributed by atoms with Crippen LogP contribution < -0.4 is 10.0 Å². The average Bonchev–Trinajstić information content (AvgIpc) is 3.15. The van der Waals surface area contributed by atoms with Gasteiger partial charge in [-0.2, -0.15) is 10.1 Å². The van der Waals surface area contributed by atoms with E-state index in [9.17, 15) is 13.2 Å². The Hall–Kier alpha value is -2.85. The second kappa shape index (κ2) is 8.88. The van der Waals surface area contributed by atoms with Crippen LogP contribution in [0.4, 0.5) is 0 Å². The quantitative estimate of drug-likeness (QED) is 0.521. The van der Waals surface area contributed by atoms with Crippen LogP contribution in [0.3, 0.4) is 0 Å². The van der Waals surface area contributed by atoms with Crippen LogP contribution in [0.15, 0.2) is 29.4 Å². The van der Waals surface area contributed by atoms with Crippen LogP contribution in [0.1, 0.15) is 34.5 Å². The van der Waals surface area contributed by atoms with Gasteiger partial charge in [-0.25, -0.2) is 22.6 Å². The van der Waals surface area contributed by atoms with Gasteiger partial charge in [0.05, 0.1) is 4.90 Å². The van der Waals surface area contributed by atoms with Crippen molar-refractivity contribution in [3.05, 3.63) is 52.6 Å². The summed E-state index contributed by atoms with van der Waals surface area (Å²) in [5, 5.41) is 6.90. The Morgan fingerprint density at radius 2 is 1.90 bits per heavy atom. The fraction of sp³-hybridized carbons (Fsp3) is 0.400. The highest BCUT2D eigenvalue weighted by Crippen LogP contribution is 2.16. The smallest absolute Gasteiger partial charge is 0.252 e. The Labute approximate surface area is 176 Å². The summed E-state index contributed by atoms with van der Waals surface area (Å²) in [7, 11) is -3.62. The highest BCUT2D eigenvalue weighted by molar-refractivity contribution is 7.89. The summed E-state index contributed by atoms with van der Waals surface area (Å²) in [5.74, 6) is 0.382. The number of carbonyl (C=O) groups excluding carboxylic acids is 1. The maximum Gasteiger partial charge on any atom is 0.252 e. The summed E-state index contributed by atoms with van der Waals surface area (Å²) in [6, 6.07) is 5.29. The molecule has 9 nitrogen and oxygen atoms in total. The molecule has 0 spiro atoms. The molecule has 160 valence electrons. The largest absolute Gasteiger partial charge is 0.355 e. The maximum atomic E-state index is 12.5. The van der Waals surface area contributed by atoms with Crippen molar-refractivity contribution in [3.63, 3.8) is 0 Å². The summed E-state index contributed by atoms with van der Waals surface area (Å²) >= 11 is 0. The van der Waals surface area contributed by atoms with Gasteiger partial charge in [0.15, 0.2) is 0 Å². The van der Waals surface area contributed by atoms with Crippen LogP contribution in [0.5, 0.6) is 0 Å². The van der Waals surface area contributed by atoms with Gasteiger partial charge in [-0.3, -0.25) is 4.79 Å². The fourth-order valence-electron chi connectivity index (χ4n) is 3.31. The summed E-state index contributed by atoms with van der Waals surface area (Å²) in [4.78, 5) is 20.9. The molecule has 1 aromatic carbocycles. The van der Waals surface area contributed by atoms with E-state index in [1.807, 2.05) is 26.8 Å². The van der Waals surface area contributed by atoms with Gasteiger partial charge in [-0.15, -0.1) is 0 Å². The van der Waals surface area contributed by atoms with E-state index >= 15 is 0 Å². The van der Waals surface area contributed by atoms with Crippen molar-refractivity contribution < 1.29 is 13.2 Å². The molecule has 0 saturated carbocycles. The van der Waals surface area contributed by atoms with Gasteiger partial charge >= 0.3 is 0 Å². The molecule has 0 aliphatic heterocycles. The van der Waals surface area contributed by atoms with E-state index in [-0.39, 0.29) is 30.3 Å². The van der Waals surface area contributed by atoms with Gasteiger partial charge in [-0.05, 0) is 56.9 Å². The number of nitrogens with zero attached hydrogens (tertiary/aromatic N) is 4. The number of carbonyl (C=O) groups is 1. The van der Waals surface area contributed by atoms with Crippen LogP contribution >= 0.6 is 0 Å². The third kappa shape index (κ3) is 4.82. The minimum absolute atomic E-state index is 0.117. The number of rotatable bonds is 8. The summed E-state index contributed by atoms with van der Waals surface area (Å²) in [6.45, 7) is 7.74. The highest BCUT2D eigenvalue weighted by atomic mass is 32.2. The van der Waals surface area contributed by atoms with Crippen molar-refractivity contribution >= 4 is 21.7 Å². The number of aryl methyl sites for hydroxylation is 4. The van der Waals surface area contributed by atoms with Gasteiger partial charge in [-0.1, -0.05) is 12.1 Å². The molecule has 0 aliphatic rings. The average molecular weight is 431 g/mol. The molecule has 1 amide bonds. The molecule has 3 aromatic rings. The third-order valence-corrected chi connectivity index (χ3v) is 6.57. The zero-order valence-electron chi connectivity index (χ0n) is 17.6. The first-order chi connectivity index (χ1) is 14.2. The first-order valence-electron chi connectivity index (χ1n) is 9.68. The standard InChI is InChI=1S/C20H26N6O3S/c1-13-5-6-14(2)18(11-13)30(28,29)24-10-9-21-19(27)8-7-17-15(3)25-20-22-12-23-26(20)16(17)4/h5-6,11-12,24H,7-10H2,1-4H3,(H,21,27). The predicted octanol–water partition coefficient (Wildman–Crippen LogP) is 1.39. The Morgan fingerprint density at radius 1 is 1.13 bits per heavy atom. The Balaban J connectivity index is 1.50. The van der Waals surface area contributed by atoms with Gasteiger partial charge in [0.25, 0.3) is 5.78 Å². The topological polar surface area (TPSA) is 118 Å². The van der Waals surface area contributed by atoms with Gasteiger partial charge in [0, 0.05) is 30.9 Å².